The van der Waals surface area contributed by atoms with Crippen LogP contribution in [-0.4, -0.2) is 18.0 Å². The molecule has 120 valence electrons. The maximum atomic E-state index is 13.8. The molecule has 1 aliphatic rings. The Balaban J connectivity index is 2.20. The lowest BCUT2D eigenvalue weighted by molar-refractivity contribution is 0.0416. The topological polar surface area (TPSA) is 53.1 Å². The van der Waals surface area contributed by atoms with E-state index in [-0.39, 0.29) is 11.8 Å². The van der Waals surface area contributed by atoms with Gasteiger partial charge in [-0.2, -0.15) is 0 Å². The zero-order valence-electron chi connectivity index (χ0n) is 13.5. The second-order valence-electron chi connectivity index (χ2n) is 6.48. The molecule has 0 radical (unpaired) electrons. The van der Waals surface area contributed by atoms with Gasteiger partial charge in [-0.3, -0.25) is 5.41 Å². The Kier molecular flexibility index (Phi) is 4.89. The number of allylic oxidation sites excluding steroid dienone is 1. The Morgan fingerprint density at radius 1 is 1.50 bits per heavy atom. The first-order valence-electron chi connectivity index (χ1n) is 7.94. The van der Waals surface area contributed by atoms with Gasteiger partial charge in [0.15, 0.2) is 0 Å². The number of halogens is 1. The molecule has 4 heteroatoms. The summed E-state index contributed by atoms with van der Waals surface area (Å²) in [6.45, 7) is 8.88. The quantitative estimate of drug-likeness (QED) is 0.585. The minimum Gasteiger partial charge on any atom is -0.384 e. The monoisotopic (exact) mass is 303 g/mol. The second kappa shape index (κ2) is 6.51. The number of hydrogen-bond acceptors (Lipinski definition) is 2. The van der Waals surface area contributed by atoms with Gasteiger partial charge in [0.05, 0.1) is 0 Å². The van der Waals surface area contributed by atoms with Crippen LogP contribution in [0.2, 0.25) is 0 Å². The van der Waals surface area contributed by atoms with Crippen molar-refractivity contribution in [3.05, 3.63) is 42.1 Å². The van der Waals surface area contributed by atoms with Crippen molar-refractivity contribution in [2.75, 3.05) is 11.4 Å². The fourth-order valence-electron chi connectivity index (χ4n) is 3.02. The van der Waals surface area contributed by atoms with Gasteiger partial charge in [0.2, 0.25) is 0 Å². The molecule has 3 nitrogen and oxygen atoms in total. The third-order valence-electron chi connectivity index (χ3n) is 4.37. The molecule has 22 heavy (non-hydrogen) atoms. The van der Waals surface area contributed by atoms with Crippen molar-refractivity contribution < 1.29 is 4.39 Å². The summed E-state index contributed by atoms with van der Waals surface area (Å²) in [5.41, 5.74) is 7.20. The summed E-state index contributed by atoms with van der Waals surface area (Å²) in [5.74, 6) is 0.260. The van der Waals surface area contributed by atoms with E-state index in [0.717, 1.165) is 30.8 Å². The number of hydrogen-bond donors (Lipinski definition) is 2. The van der Waals surface area contributed by atoms with Crippen LogP contribution < -0.4 is 10.6 Å². The SMILES string of the molecule is C=C(C1CC(C)(F)C1)N(CCCC)c1cccc(C(=N)N)c1. The fourth-order valence-corrected chi connectivity index (χ4v) is 3.02. The number of unbranched alkanes of at least 4 members (excludes halogenated alkanes) is 1. The van der Waals surface area contributed by atoms with Gasteiger partial charge in [0, 0.05) is 29.4 Å². The molecule has 0 saturated heterocycles. The lowest BCUT2D eigenvalue weighted by Gasteiger charge is -2.43. The summed E-state index contributed by atoms with van der Waals surface area (Å²) >= 11 is 0. The van der Waals surface area contributed by atoms with E-state index in [4.69, 9.17) is 11.1 Å². The number of anilines is 1. The molecule has 0 unspecified atom stereocenters. The van der Waals surface area contributed by atoms with Crippen LogP contribution in [0.5, 0.6) is 0 Å². The van der Waals surface area contributed by atoms with Crippen LogP contribution in [0.3, 0.4) is 0 Å². The minimum atomic E-state index is -1.05. The zero-order valence-corrected chi connectivity index (χ0v) is 13.5. The second-order valence-corrected chi connectivity index (χ2v) is 6.48. The van der Waals surface area contributed by atoms with Crippen LogP contribution in [-0.2, 0) is 0 Å². The first-order chi connectivity index (χ1) is 10.3. The number of nitrogens with one attached hydrogen (secondary N) is 1. The Hall–Kier alpha value is -1.84. The summed E-state index contributed by atoms with van der Waals surface area (Å²) in [7, 11) is 0. The molecule has 1 saturated carbocycles. The van der Waals surface area contributed by atoms with Gasteiger partial charge in [-0.15, -0.1) is 0 Å². The highest BCUT2D eigenvalue weighted by Gasteiger charge is 2.43. The molecule has 0 amide bonds. The van der Waals surface area contributed by atoms with Gasteiger partial charge in [0.1, 0.15) is 11.5 Å². The van der Waals surface area contributed by atoms with E-state index in [2.05, 4.69) is 18.4 Å². The van der Waals surface area contributed by atoms with E-state index < -0.39 is 5.67 Å². The van der Waals surface area contributed by atoms with Crippen molar-refractivity contribution >= 4 is 11.5 Å². The lowest BCUT2D eigenvalue weighted by Crippen LogP contribution is -2.42. The molecule has 0 bridgehead atoms. The average Bonchev–Trinajstić information content (AvgIpc) is 2.45. The Morgan fingerprint density at radius 3 is 2.73 bits per heavy atom. The van der Waals surface area contributed by atoms with Crippen LogP contribution >= 0.6 is 0 Å². The number of nitrogen functional groups attached to an aromatic ring is 1. The van der Waals surface area contributed by atoms with E-state index in [9.17, 15) is 4.39 Å². The smallest absolute Gasteiger partial charge is 0.122 e. The van der Waals surface area contributed by atoms with Gasteiger partial charge in [-0.1, -0.05) is 32.1 Å². The Morgan fingerprint density at radius 2 is 2.18 bits per heavy atom. The third-order valence-corrected chi connectivity index (χ3v) is 4.37. The molecule has 3 N–H and O–H groups in total. The Bertz CT molecular complexity index is 557. The van der Waals surface area contributed by atoms with E-state index in [1.54, 1.807) is 6.92 Å². The van der Waals surface area contributed by atoms with Crippen molar-refractivity contribution in [3.8, 4) is 0 Å². The molecule has 0 aliphatic heterocycles. The summed E-state index contributed by atoms with van der Waals surface area (Å²) in [6, 6.07) is 7.64. The normalized spacial score (nSPS) is 23.7. The largest absolute Gasteiger partial charge is 0.384 e. The molecule has 1 aromatic rings. The third kappa shape index (κ3) is 3.67. The van der Waals surface area contributed by atoms with Gasteiger partial charge in [-0.25, -0.2) is 4.39 Å². The van der Waals surface area contributed by atoms with E-state index in [1.165, 1.54) is 0 Å². The number of rotatable bonds is 7. The molecule has 1 aromatic carbocycles. The molecule has 0 aromatic heterocycles. The highest BCUT2D eigenvalue weighted by atomic mass is 19.1. The van der Waals surface area contributed by atoms with Crippen molar-refractivity contribution in [1.29, 1.82) is 5.41 Å². The molecule has 2 rings (SSSR count). The molecule has 0 heterocycles. The maximum Gasteiger partial charge on any atom is 0.122 e. The number of nitrogens with two attached hydrogens (primary N) is 1. The van der Waals surface area contributed by atoms with E-state index >= 15 is 0 Å². The van der Waals surface area contributed by atoms with Crippen molar-refractivity contribution in [3.63, 3.8) is 0 Å². The highest BCUT2D eigenvalue weighted by molar-refractivity contribution is 5.95. The molecule has 0 atom stereocenters. The molecule has 0 spiro atoms. The van der Waals surface area contributed by atoms with Crippen molar-refractivity contribution in [2.24, 2.45) is 11.7 Å². The lowest BCUT2D eigenvalue weighted by atomic mass is 9.71. The fraction of sp³-hybridized carbons (Fsp3) is 0.500. The minimum absolute atomic E-state index is 0.0582. The first-order valence-corrected chi connectivity index (χ1v) is 7.94. The number of nitrogens with zero attached hydrogens (tertiary/aromatic N) is 1. The highest BCUT2D eigenvalue weighted by Crippen LogP contribution is 2.45. The summed E-state index contributed by atoms with van der Waals surface area (Å²) in [5, 5.41) is 7.59. The van der Waals surface area contributed by atoms with Crippen LogP contribution in [0.25, 0.3) is 0 Å². The van der Waals surface area contributed by atoms with Crippen LogP contribution in [0.1, 0.15) is 45.1 Å². The maximum absolute atomic E-state index is 13.8. The molecule has 1 fully saturated rings. The number of alkyl halides is 1. The van der Waals surface area contributed by atoms with Crippen LogP contribution in [0.4, 0.5) is 10.1 Å². The van der Waals surface area contributed by atoms with Gasteiger partial charge >= 0.3 is 0 Å². The van der Waals surface area contributed by atoms with Gasteiger partial charge < -0.3 is 10.6 Å². The predicted octanol–water partition coefficient (Wildman–Crippen LogP) is 4.23. The van der Waals surface area contributed by atoms with Crippen LogP contribution in [0.15, 0.2) is 36.5 Å². The van der Waals surface area contributed by atoms with Gasteiger partial charge in [-0.05, 0) is 38.3 Å². The average molecular weight is 303 g/mol. The predicted molar refractivity (Wildman–Crippen MR) is 91.1 cm³/mol. The molecular formula is C18H26FN3. The van der Waals surface area contributed by atoms with Crippen LogP contribution in [0, 0.1) is 11.3 Å². The summed E-state index contributed by atoms with van der Waals surface area (Å²) < 4.78 is 13.8. The first kappa shape index (κ1) is 16.5. The molecule has 1 aliphatic carbocycles. The van der Waals surface area contributed by atoms with Crippen molar-refractivity contribution in [2.45, 2.75) is 45.2 Å². The number of amidine groups is 1. The number of benzene rings is 1. The standard InChI is InChI=1S/C18H26FN3/c1-4-5-9-22(13(2)15-11-18(3,19)12-15)16-8-6-7-14(10-16)17(20)21/h6-8,10,15H,2,4-5,9,11-12H2,1,3H3,(H3,20,21). The van der Waals surface area contributed by atoms with Crippen molar-refractivity contribution in [1.82, 2.24) is 0 Å². The van der Waals surface area contributed by atoms with E-state index in [1.807, 2.05) is 24.3 Å². The summed E-state index contributed by atoms with van der Waals surface area (Å²) in [6.07, 6.45) is 3.21. The zero-order chi connectivity index (χ0) is 16.3. The Labute approximate surface area is 132 Å². The summed E-state index contributed by atoms with van der Waals surface area (Å²) in [4.78, 5) is 2.16. The molecular weight excluding hydrogens is 277 g/mol. The van der Waals surface area contributed by atoms with Gasteiger partial charge in [0.25, 0.3) is 0 Å². The van der Waals surface area contributed by atoms with E-state index in [0.29, 0.717) is 18.4 Å².